The average molecular weight is 299 g/mol. The van der Waals surface area contributed by atoms with E-state index in [-0.39, 0.29) is 5.91 Å². The van der Waals surface area contributed by atoms with Crippen LogP contribution >= 0.6 is 23.4 Å². The van der Waals surface area contributed by atoms with E-state index in [1.54, 1.807) is 11.8 Å². The molecule has 5 heteroatoms. The summed E-state index contributed by atoms with van der Waals surface area (Å²) in [6.45, 7) is 3.55. The highest BCUT2D eigenvalue weighted by Crippen LogP contribution is 2.24. The second-order valence-corrected chi connectivity index (χ2v) is 6.08. The second-order valence-electron chi connectivity index (χ2n) is 4.79. The largest absolute Gasteiger partial charge is 0.337 e. The van der Waals surface area contributed by atoms with Crippen LogP contribution in [0.1, 0.15) is 16.8 Å². The summed E-state index contributed by atoms with van der Waals surface area (Å²) < 4.78 is 0. The number of rotatable bonds is 2. The van der Waals surface area contributed by atoms with Gasteiger partial charge >= 0.3 is 0 Å². The summed E-state index contributed by atoms with van der Waals surface area (Å²) in [6, 6.07) is 5.65. The van der Waals surface area contributed by atoms with E-state index >= 15 is 0 Å². The molecule has 1 aromatic rings. The van der Waals surface area contributed by atoms with Gasteiger partial charge < -0.3 is 9.80 Å². The van der Waals surface area contributed by atoms with Gasteiger partial charge in [-0.05, 0) is 44.5 Å². The van der Waals surface area contributed by atoms with Gasteiger partial charge in [-0.3, -0.25) is 4.79 Å². The van der Waals surface area contributed by atoms with Crippen LogP contribution in [0.3, 0.4) is 0 Å². The number of thioether (sulfide) groups is 1. The molecular formula is C14H19ClN2OS. The molecule has 0 saturated carbocycles. The topological polar surface area (TPSA) is 23.6 Å². The van der Waals surface area contributed by atoms with Crippen molar-refractivity contribution in [3.63, 3.8) is 0 Å². The molecule has 2 rings (SSSR count). The molecule has 3 nitrogen and oxygen atoms in total. The standard InChI is InChI=1S/C14H19ClN2OS/c1-16-6-3-7-17(9-8-16)14(18)12-10-11(19-2)4-5-13(12)15/h4-5,10H,3,6-9H2,1-2H3. The third-order valence-electron chi connectivity index (χ3n) is 3.41. The number of benzene rings is 1. The van der Waals surface area contributed by atoms with Gasteiger partial charge in [0.05, 0.1) is 10.6 Å². The Morgan fingerprint density at radius 2 is 2.05 bits per heavy atom. The molecule has 0 spiro atoms. The van der Waals surface area contributed by atoms with E-state index in [0.29, 0.717) is 10.6 Å². The van der Waals surface area contributed by atoms with Crippen molar-refractivity contribution < 1.29 is 4.79 Å². The molecule has 1 fully saturated rings. The van der Waals surface area contributed by atoms with Crippen molar-refractivity contribution in [3.8, 4) is 0 Å². The zero-order valence-corrected chi connectivity index (χ0v) is 12.9. The van der Waals surface area contributed by atoms with Crippen molar-refractivity contribution in [3.05, 3.63) is 28.8 Å². The summed E-state index contributed by atoms with van der Waals surface area (Å²) in [7, 11) is 2.09. The van der Waals surface area contributed by atoms with E-state index in [1.807, 2.05) is 29.4 Å². The maximum absolute atomic E-state index is 12.6. The molecule has 1 aliphatic heterocycles. The predicted molar refractivity (Wildman–Crippen MR) is 81.3 cm³/mol. The molecule has 1 amide bonds. The van der Waals surface area contributed by atoms with Gasteiger partial charge in [-0.15, -0.1) is 11.8 Å². The maximum atomic E-state index is 12.6. The Balaban J connectivity index is 2.18. The van der Waals surface area contributed by atoms with Crippen molar-refractivity contribution >= 4 is 29.3 Å². The molecule has 1 heterocycles. The lowest BCUT2D eigenvalue weighted by molar-refractivity contribution is 0.0762. The molecule has 0 bridgehead atoms. The number of likely N-dealkylation sites (N-methyl/N-ethyl adjacent to an activating group) is 1. The first-order chi connectivity index (χ1) is 9.11. The van der Waals surface area contributed by atoms with Gasteiger partial charge in [0.25, 0.3) is 5.91 Å². The fourth-order valence-electron chi connectivity index (χ4n) is 2.22. The van der Waals surface area contributed by atoms with Gasteiger partial charge in [-0.25, -0.2) is 0 Å². The van der Waals surface area contributed by atoms with Crippen LogP contribution in [0, 0.1) is 0 Å². The SMILES string of the molecule is CSc1ccc(Cl)c(C(=O)N2CCCN(C)CC2)c1. The molecule has 19 heavy (non-hydrogen) atoms. The van der Waals surface area contributed by atoms with E-state index in [2.05, 4.69) is 11.9 Å². The minimum atomic E-state index is 0.0520. The number of amides is 1. The molecular weight excluding hydrogens is 280 g/mol. The first kappa shape index (κ1) is 14.7. The highest BCUT2D eigenvalue weighted by Gasteiger charge is 2.21. The monoisotopic (exact) mass is 298 g/mol. The van der Waals surface area contributed by atoms with Crippen LogP contribution < -0.4 is 0 Å². The molecule has 104 valence electrons. The smallest absolute Gasteiger partial charge is 0.255 e. The summed E-state index contributed by atoms with van der Waals surface area (Å²) in [6.07, 6.45) is 3.01. The molecule has 0 aliphatic carbocycles. The lowest BCUT2D eigenvalue weighted by Crippen LogP contribution is -2.34. The molecule has 0 radical (unpaired) electrons. The fraction of sp³-hybridized carbons (Fsp3) is 0.500. The molecule has 0 unspecified atom stereocenters. The van der Waals surface area contributed by atoms with Gasteiger partial charge in [-0.2, -0.15) is 0 Å². The first-order valence-electron chi connectivity index (χ1n) is 6.43. The van der Waals surface area contributed by atoms with Crippen LogP contribution in [-0.2, 0) is 0 Å². The maximum Gasteiger partial charge on any atom is 0.255 e. The number of carbonyl (C=O) groups is 1. The Labute approximate surface area is 123 Å². The number of halogens is 1. The van der Waals surface area contributed by atoms with Crippen molar-refractivity contribution in [2.75, 3.05) is 39.5 Å². The van der Waals surface area contributed by atoms with Crippen molar-refractivity contribution in [2.45, 2.75) is 11.3 Å². The Bertz CT molecular complexity index is 467. The normalized spacial score (nSPS) is 17.3. The lowest BCUT2D eigenvalue weighted by atomic mass is 10.2. The third kappa shape index (κ3) is 3.65. The Kier molecular flexibility index (Phi) is 5.13. The Morgan fingerprint density at radius 1 is 1.26 bits per heavy atom. The van der Waals surface area contributed by atoms with Crippen LogP contribution in [-0.4, -0.2) is 55.2 Å². The lowest BCUT2D eigenvalue weighted by Gasteiger charge is -2.21. The van der Waals surface area contributed by atoms with E-state index in [4.69, 9.17) is 11.6 Å². The van der Waals surface area contributed by atoms with Crippen molar-refractivity contribution in [2.24, 2.45) is 0 Å². The molecule has 1 aliphatic rings. The summed E-state index contributed by atoms with van der Waals surface area (Å²) in [5.74, 6) is 0.0520. The first-order valence-corrected chi connectivity index (χ1v) is 8.03. The number of hydrogen-bond donors (Lipinski definition) is 0. The quantitative estimate of drug-likeness (QED) is 0.785. The zero-order chi connectivity index (χ0) is 13.8. The minimum Gasteiger partial charge on any atom is -0.337 e. The van der Waals surface area contributed by atoms with Gasteiger partial charge in [-0.1, -0.05) is 11.6 Å². The Hall–Kier alpha value is -0.710. The summed E-state index contributed by atoms with van der Waals surface area (Å²) in [5, 5.41) is 0.542. The van der Waals surface area contributed by atoms with E-state index in [0.717, 1.165) is 37.5 Å². The van der Waals surface area contributed by atoms with Crippen LogP contribution in [0.15, 0.2) is 23.1 Å². The molecule has 1 saturated heterocycles. The zero-order valence-electron chi connectivity index (χ0n) is 11.4. The van der Waals surface area contributed by atoms with Crippen LogP contribution in [0.25, 0.3) is 0 Å². The van der Waals surface area contributed by atoms with E-state index in [1.165, 1.54) is 0 Å². The van der Waals surface area contributed by atoms with Gasteiger partial charge in [0, 0.05) is 24.5 Å². The summed E-state index contributed by atoms with van der Waals surface area (Å²) >= 11 is 7.79. The number of hydrogen-bond acceptors (Lipinski definition) is 3. The summed E-state index contributed by atoms with van der Waals surface area (Å²) in [4.78, 5) is 17.8. The molecule has 0 aromatic heterocycles. The molecule has 0 atom stereocenters. The highest BCUT2D eigenvalue weighted by atomic mass is 35.5. The van der Waals surface area contributed by atoms with Crippen LogP contribution in [0.2, 0.25) is 5.02 Å². The predicted octanol–water partition coefficient (Wildman–Crippen LogP) is 2.84. The van der Waals surface area contributed by atoms with E-state index in [9.17, 15) is 4.79 Å². The van der Waals surface area contributed by atoms with Crippen molar-refractivity contribution in [1.82, 2.24) is 9.80 Å². The second kappa shape index (κ2) is 6.64. The molecule has 0 N–H and O–H groups in total. The Morgan fingerprint density at radius 3 is 2.79 bits per heavy atom. The number of carbonyl (C=O) groups excluding carboxylic acids is 1. The van der Waals surface area contributed by atoms with Crippen molar-refractivity contribution in [1.29, 1.82) is 0 Å². The number of nitrogens with zero attached hydrogens (tertiary/aromatic N) is 2. The molecule has 1 aromatic carbocycles. The summed E-state index contributed by atoms with van der Waals surface area (Å²) in [5.41, 5.74) is 0.623. The fourth-order valence-corrected chi connectivity index (χ4v) is 2.85. The van der Waals surface area contributed by atoms with E-state index < -0.39 is 0 Å². The highest BCUT2D eigenvalue weighted by molar-refractivity contribution is 7.98. The minimum absolute atomic E-state index is 0.0520. The van der Waals surface area contributed by atoms with Crippen LogP contribution in [0.4, 0.5) is 0 Å². The average Bonchev–Trinajstić information content (AvgIpc) is 2.63. The van der Waals surface area contributed by atoms with Gasteiger partial charge in [0.15, 0.2) is 0 Å². The van der Waals surface area contributed by atoms with Gasteiger partial charge in [0.2, 0.25) is 0 Å². The third-order valence-corrected chi connectivity index (χ3v) is 4.47. The van der Waals surface area contributed by atoms with Crippen LogP contribution in [0.5, 0.6) is 0 Å². The van der Waals surface area contributed by atoms with Gasteiger partial charge in [0.1, 0.15) is 0 Å².